The molecule has 0 saturated heterocycles. The number of carbonyl (C=O) groups is 2. The van der Waals surface area contributed by atoms with Crippen molar-refractivity contribution in [2.45, 2.75) is 33.1 Å². The number of hydrogen-bond acceptors (Lipinski definition) is 4. The first-order valence-corrected chi connectivity index (χ1v) is 9.05. The van der Waals surface area contributed by atoms with Gasteiger partial charge in [-0.2, -0.15) is 0 Å². The first-order valence-electron chi connectivity index (χ1n) is 9.05. The fourth-order valence-electron chi connectivity index (χ4n) is 2.45. The number of nitrogens with one attached hydrogen (secondary N) is 1. The van der Waals surface area contributed by atoms with Gasteiger partial charge in [0.25, 0.3) is 5.91 Å². The summed E-state index contributed by atoms with van der Waals surface area (Å²) in [6.07, 6.45) is 1.94. The minimum Gasteiger partial charge on any atom is -0.490 e. The highest BCUT2D eigenvalue weighted by molar-refractivity contribution is 6.04. The van der Waals surface area contributed by atoms with Crippen LogP contribution >= 0.6 is 0 Å². The number of benzene rings is 2. The molecule has 0 fully saturated rings. The average molecular weight is 371 g/mol. The molecule has 0 atom stereocenters. The number of amides is 1. The number of ether oxygens (including phenoxy) is 2. The zero-order chi connectivity index (χ0) is 19.6. The summed E-state index contributed by atoms with van der Waals surface area (Å²) in [6, 6.07) is 11.8. The maximum atomic E-state index is 12.5. The van der Waals surface area contributed by atoms with Crippen LogP contribution < -0.4 is 14.8 Å². The molecule has 6 nitrogen and oxygen atoms in total. The lowest BCUT2D eigenvalue weighted by molar-refractivity contribution is -0.136. The summed E-state index contributed by atoms with van der Waals surface area (Å²) in [4.78, 5) is 23.2. The average Bonchev–Trinajstić information content (AvgIpc) is 2.64. The molecule has 2 rings (SSSR count). The molecule has 2 aromatic carbocycles. The second kappa shape index (κ2) is 10.2. The number of anilines is 1. The van der Waals surface area contributed by atoms with Crippen LogP contribution in [0.1, 0.15) is 42.6 Å². The summed E-state index contributed by atoms with van der Waals surface area (Å²) in [5, 5.41) is 11.6. The van der Waals surface area contributed by atoms with E-state index in [9.17, 15) is 9.59 Å². The lowest BCUT2D eigenvalue weighted by atomic mass is 10.1. The minimum absolute atomic E-state index is 0.0502. The van der Waals surface area contributed by atoms with Gasteiger partial charge in [0.1, 0.15) is 0 Å². The van der Waals surface area contributed by atoms with Crippen molar-refractivity contribution in [2.24, 2.45) is 0 Å². The van der Waals surface area contributed by atoms with Crippen LogP contribution in [0.15, 0.2) is 42.5 Å². The van der Waals surface area contributed by atoms with Crippen LogP contribution in [-0.4, -0.2) is 30.2 Å². The fourth-order valence-corrected chi connectivity index (χ4v) is 2.45. The van der Waals surface area contributed by atoms with Gasteiger partial charge in [-0.3, -0.25) is 9.59 Å². The molecule has 27 heavy (non-hydrogen) atoms. The maximum absolute atomic E-state index is 12.5. The van der Waals surface area contributed by atoms with Crippen molar-refractivity contribution in [3.63, 3.8) is 0 Å². The second-order valence-corrected chi connectivity index (χ2v) is 6.02. The predicted molar refractivity (Wildman–Crippen MR) is 104 cm³/mol. The van der Waals surface area contributed by atoms with Gasteiger partial charge in [0.2, 0.25) is 0 Å². The Hall–Kier alpha value is -3.02. The monoisotopic (exact) mass is 371 g/mol. The largest absolute Gasteiger partial charge is 0.490 e. The Labute approximate surface area is 159 Å². The number of carbonyl (C=O) groups excluding carboxylic acids is 1. The summed E-state index contributed by atoms with van der Waals surface area (Å²) in [5.41, 5.74) is 1.72. The fraction of sp³-hybridized carbons (Fsp3) is 0.333. The molecule has 0 heterocycles. The van der Waals surface area contributed by atoms with Gasteiger partial charge >= 0.3 is 5.97 Å². The van der Waals surface area contributed by atoms with E-state index in [1.165, 1.54) is 0 Å². The third-order valence-electron chi connectivity index (χ3n) is 3.83. The van der Waals surface area contributed by atoms with E-state index in [1.54, 1.807) is 42.5 Å². The zero-order valence-corrected chi connectivity index (χ0v) is 15.7. The molecule has 0 aromatic heterocycles. The maximum Gasteiger partial charge on any atom is 0.307 e. The quantitative estimate of drug-likeness (QED) is 0.613. The molecule has 0 aliphatic carbocycles. The molecule has 144 valence electrons. The van der Waals surface area contributed by atoms with E-state index in [1.807, 2.05) is 6.92 Å². The van der Waals surface area contributed by atoms with Gasteiger partial charge in [-0.25, -0.2) is 0 Å². The molecule has 0 aliphatic rings. The molecule has 0 bridgehead atoms. The Balaban J connectivity index is 2.08. The number of unbranched alkanes of at least 4 members (excludes halogenated alkanes) is 1. The number of rotatable bonds is 10. The Bertz CT molecular complexity index is 771. The Morgan fingerprint density at radius 2 is 1.74 bits per heavy atom. The second-order valence-electron chi connectivity index (χ2n) is 6.02. The Morgan fingerprint density at radius 3 is 2.37 bits per heavy atom. The van der Waals surface area contributed by atoms with Crippen LogP contribution in [0.5, 0.6) is 11.5 Å². The van der Waals surface area contributed by atoms with Gasteiger partial charge in [0.15, 0.2) is 11.5 Å². The van der Waals surface area contributed by atoms with Crippen LogP contribution in [0.25, 0.3) is 0 Å². The van der Waals surface area contributed by atoms with Crippen LogP contribution in [0.4, 0.5) is 5.69 Å². The number of carboxylic acids is 1. The summed E-state index contributed by atoms with van der Waals surface area (Å²) in [5.74, 6) is -0.00327. The van der Waals surface area contributed by atoms with Gasteiger partial charge in [-0.15, -0.1) is 0 Å². The van der Waals surface area contributed by atoms with Gasteiger partial charge in [-0.05, 0) is 49.2 Å². The van der Waals surface area contributed by atoms with Crippen LogP contribution in [0.2, 0.25) is 0 Å². The summed E-state index contributed by atoms with van der Waals surface area (Å²) < 4.78 is 11.3. The first kappa shape index (κ1) is 20.3. The van der Waals surface area contributed by atoms with Gasteiger partial charge in [0.05, 0.1) is 19.6 Å². The Kier molecular flexibility index (Phi) is 7.67. The van der Waals surface area contributed by atoms with Crippen molar-refractivity contribution in [1.82, 2.24) is 0 Å². The van der Waals surface area contributed by atoms with E-state index in [0.29, 0.717) is 41.5 Å². The van der Waals surface area contributed by atoms with Crippen molar-refractivity contribution >= 4 is 17.6 Å². The van der Waals surface area contributed by atoms with E-state index in [4.69, 9.17) is 14.6 Å². The smallest absolute Gasteiger partial charge is 0.307 e. The molecule has 0 radical (unpaired) electrons. The van der Waals surface area contributed by atoms with Gasteiger partial charge in [-0.1, -0.05) is 25.5 Å². The number of hydrogen-bond donors (Lipinski definition) is 2. The van der Waals surface area contributed by atoms with Crippen LogP contribution in [0, 0.1) is 0 Å². The Morgan fingerprint density at radius 1 is 1.00 bits per heavy atom. The van der Waals surface area contributed by atoms with E-state index < -0.39 is 5.97 Å². The van der Waals surface area contributed by atoms with Gasteiger partial charge in [0, 0.05) is 11.3 Å². The van der Waals surface area contributed by atoms with E-state index in [-0.39, 0.29) is 12.3 Å². The summed E-state index contributed by atoms with van der Waals surface area (Å²) in [6.45, 7) is 5.04. The molecular formula is C21H25NO5. The summed E-state index contributed by atoms with van der Waals surface area (Å²) >= 11 is 0. The van der Waals surface area contributed by atoms with Gasteiger partial charge < -0.3 is 19.9 Å². The third-order valence-corrected chi connectivity index (χ3v) is 3.83. The van der Waals surface area contributed by atoms with E-state index >= 15 is 0 Å². The van der Waals surface area contributed by atoms with Crippen molar-refractivity contribution < 1.29 is 24.2 Å². The normalized spacial score (nSPS) is 10.3. The molecule has 0 unspecified atom stereocenters. The number of aliphatic carboxylic acids is 1. The molecule has 2 aromatic rings. The predicted octanol–water partition coefficient (Wildman–Crippen LogP) is 4.14. The molecule has 6 heteroatoms. The van der Waals surface area contributed by atoms with Crippen molar-refractivity contribution in [3.05, 3.63) is 53.6 Å². The lowest BCUT2D eigenvalue weighted by Gasteiger charge is -2.13. The molecular weight excluding hydrogens is 346 g/mol. The topological polar surface area (TPSA) is 84.9 Å². The van der Waals surface area contributed by atoms with Crippen molar-refractivity contribution in [3.8, 4) is 11.5 Å². The standard InChI is InChI=1S/C21H25NO5/c1-3-5-12-27-18-11-8-16(14-19(18)26-4-2)21(25)22-17-9-6-15(7-10-17)13-20(23)24/h6-11,14H,3-5,12-13H2,1-2H3,(H,22,25)(H,23,24). The summed E-state index contributed by atoms with van der Waals surface area (Å²) in [7, 11) is 0. The number of carboxylic acid groups (broad SMARTS) is 1. The highest BCUT2D eigenvalue weighted by atomic mass is 16.5. The molecule has 0 spiro atoms. The highest BCUT2D eigenvalue weighted by Gasteiger charge is 2.12. The van der Waals surface area contributed by atoms with Crippen LogP contribution in [0.3, 0.4) is 0 Å². The molecule has 0 aliphatic heterocycles. The first-order chi connectivity index (χ1) is 13.0. The molecule has 2 N–H and O–H groups in total. The lowest BCUT2D eigenvalue weighted by Crippen LogP contribution is -2.12. The van der Waals surface area contributed by atoms with Crippen LogP contribution in [-0.2, 0) is 11.2 Å². The highest BCUT2D eigenvalue weighted by Crippen LogP contribution is 2.29. The minimum atomic E-state index is -0.892. The SMILES string of the molecule is CCCCOc1ccc(C(=O)Nc2ccc(CC(=O)O)cc2)cc1OCC. The molecule has 0 saturated carbocycles. The van der Waals surface area contributed by atoms with Crippen molar-refractivity contribution in [1.29, 1.82) is 0 Å². The van der Waals surface area contributed by atoms with Crippen molar-refractivity contribution in [2.75, 3.05) is 18.5 Å². The molecule has 1 amide bonds. The van der Waals surface area contributed by atoms with E-state index in [2.05, 4.69) is 12.2 Å². The third kappa shape index (κ3) is 6.33. The zero-order valence-electron chi connectivity index (χ0n) is 15.7. The van der Waals surface area contributed by atoms with E-state index in [0.717, 1.165) is 12.8 Å².